The predicted octanol–water partition coefficient (Wildman–Crippen LogP) is -0.232. The lowest BCUT2D eigenvalue weighted by Crippen LogP contribution is -2.50. The van der Waals surface area contributed by atoms with E-state index in [1.54, 1.807) is 11.1 Å². The zero-order chi connectivity index (χ0) is 11.4. The minimum absolute atomic E-state index is 0.0422. The van der Waals surface area contributed by atoms with Crippen molar-refractivity contribution in [2.45, 2.75) is 12.6 Å². The summed E-state index contributed by atoms with van der Waals surface area (Å²) in [6, 6.07) is 5.67. The molecule has 5 heteroatoms. The first-order valence-electron chi connectivity index (χ1n) is 5.31. The zero-order valence-corrected chi connectivity index (χ0v) is 9.00. The first-order chi connectivity index (χ1) is 7.81. The minimum atomic E-state index is -0.488. The Hall–Kier alpha value is -1.46. The molecule has 1 atom stereocenters. The number of amides is 1. The average Bonchev–Trinajstić information content (AvgIpc) is 2.33. The van der Waals surface area contributed by atoms with Crippen molar-refractivity contribution in [3.8, 4) is 0 Å². The first kappa shape index (κ1) is 11.0. The van der Waals surface area contributed by atoms with Gasteiger partial charge in [0.15, 0.2) is 0 Å². The summed E-state index contributed by atoms with van der Waals surface area (Å²) in [6.45, 7) is 1.91. The minimum Gasteiger partial charge on any atom is -0.365 e. The molecule has 1 aliphatic rings. The third kappa shape index (κ3) is 2.37. The van der Waals surface area contributed by atoms with E-state index in [2.05, 4.69) is 4.98 Å². The number of hydrogen-bond acceptors (Lipinski definition) is 4. The molecule has 2 rings (SSSR count). The van der Waals surface area contributed by atoms with E-state index in [1.807, 2.05) is 18.2 Å². The van der Waals surface area contributed by atoms with Crippen LogP contribution in [-0.2, 0) is 16.1 Å². The van der Waals surface area contributed by atoms with Crippen LogP contribution in [0.5, 0.6) is 0 Å². The van der Waals surface area contributed by atoms with E-state index in [1.165, 1.54) is 0 Å². The van der Waals surface area contributed by atoms with Crippen LogP contribution in [-0.4, -0.2) is 41.6 Å². The molecule has 0 spiro atoms. The van der Waals surface area contributed by atoms with E-state index < -0.39 is 6.10 Å². The largest absolute Gasteiger partial charge is 0.365 e. The summed E-state index contributed by atoms with van der Waals surface area (Å²) < 4.78 is 5.27. The lowest BCUT2D eigenvalue weighted by Gasteiger charge is -2.31. The van der Waals surface area contributed by atoms with Gasteiger partial charge in [-0.1, -0.05) is 6.07 Å². The quantitative estimate of drug-likeness (QED) is 0.765. The monoisotopic (exact) mass is 221 g/mol. The molecule has 0 radical (unpaired) electrons. The van der Waals surface area contributed by atoms with Crippen LogP contribution in [0.3, 0.4) is 0 Å². The van der Waals surface area contributed by atoms with Crippen molar-refractivity contribution in [1.82, 2.24) is 9.88 Å². The van der Waals surface area contributed by atoms with Crippen molar-refractivity contribution >= 4 is 5.91 Å². The second kappa shape index (κ2) is 5.05. The molecule has 1 aliphatic heterocycles. The predicted molar refractivity (Wildman–Crippen MR) is 58.4 cm³/mol. The van der Waals surface area contributed by atoms with Gasteiger partial charge in [-0.2, -0.15) is 0 Å². The fourth-order valence-corrected chi connectivity index (χ4v) is 1.70. The molecule has 1 unspecified atom stereocenters. The Morgan fingerprint density at radius 3 is 3.12 bits per heavy atom. The highest BCUT2D eigenvalue weighted by molar-refractivity contribution is 5.81. The third-order valence-corrected chi connectivity index (χ3v) is 2.56. The lowest BCUT2D eigenvalue weighted by atomic mass is 10.2. The van der Waals surface area contributed by atoms with Gasteiger partial charge in [-0.25, -0.2) is 0 Å². The van der Waals surface area contributed by atoms with Crippen molar-refractivity contribution in [1.29, 1.82) is 0 Å². The van der Waals surface area contributed by atoms with Crippen LogP contribution in [0.2, 0.25) is 0 Å². The Morgan fingerprint density at radius 2 is 2.44 bits per heavy atom. The van der Waals surface area contributed by atoms with Gasteiger partial charge in [0, 0.05) is 19.3 Å². The third-order valence-electron chi connectivity index (χ3n) is 2.56. The molecular formula is C11H15N3O2. The van der Waals surface area contributed by atoms with Crippen molar-refractivity contribution in [2.24, 2.45) is 5.73 Å². The van der Waals surface area contributed by atoms with Crippen LogP contribution >= 0.6 is 0 Å². The number of hydrogen-bond donors (Lipinski definition) is 1. The molecule has 0 saturated carbocycles. The highest BCUT2D eigenvalue weighted by Gasteiger charge is 2.28. The van der Waals surface area contributed by atoms with Crippen LogP contribution in [0.15, 0.2) is 24.4 Å². The number of nitrogens with two attached hydrogens (primary N) is 1. The summed E-state index contributed by atoms with van der Waals surface area (Å²) in [5.74, 6) is -0.0422. The standard InChI is InChI=1S/C11H15N3O2/c12-7-10-11(15)14(5-6-16-10)8-9-3-1-2-4-13-9/h1-4,10H,5-8,12H2. The number of aromatic nitrogens is 1. The maximum atomic E-state index is 11.9. The fourth-order valence-electron chi connectivity index (χ4n) is 1.70. The average molecular weight is 221 g/mol. The van der Waals surface area contributed by atoms with E-state index in [0.717, 1.165) is 5.69 Å². The van der Waals surface area contributed by atoms with E-state index in [0.29, 0.717) is 19.7 Å². The number of carbonyl (C=O) groups is 1. The van der Waals surface area contributed by atoms with Crippen LogP contribution in [0.25, 0.3) is 0 Å². The molecule has 1 aromatic heterocycles. The summed E-state index contributed by atoms with van der Waals surface area (Å²) in [4.78, 5) is 17.8. The fraction of sp³-hybridized carbons (Fsp3) is 0.455. The molecule has 2 N–H and O–H groups in total. The van der Waals surface area contributed by atoms with Gasteiger partial charge in [0.25, 0.3) is 5.91 Å². The van der Waals surface area contributed by atoms with Gasteiger partial charge in [0.1, 0.15) is 6.10 Å². The molecule has 0 aromatic carbocycles. The highest BCUT2D eigenvalue weighted by Crippen LogP contribution is 2.09. The lowest BCUT2D eigenvalue weighted by molar-refractivity contribution is -0.152. The number of nitrogens with zero attached hydrogens (tertiary/aromatic N) is 2. The summed E-state index contributed by atoms with van der Waals surface area (Å²) in [5.41, 5.74) is 6.34. The molecule has 1 fully saturated rings. The molecule has 1 amide bonds. The maximum absolute atomic E-state index is 11.9. The summed E-state index contributed by atoms with van der Waals surface area (Å²) in [5, 5.41) is 0. The zero-order valence-electron chi connectivity index (χ0n) is 9.00. The van der Waals surface area contributed by atoms with Crippen molar-refractivity contribution < 1.29 is 9.53 Å². The van der Waals surface area contributed by atoms with E-state index in [-0.39, 0.29) is 12.5 Å². The van der Waals surface area contributed by atoms with E-state index in [9.17, 15) is 4.79 Å². The van der Waals surface area contributed by atoms with E-state index in [4.69, 9.17) is 10.5 Å². The summed E-state index contributed by atoms with van der Waals surface area (Å²) in [6.07, 6.45) is 1.23. The highest BCUT2D eigenvalue weighted by atomic mass is 16.5. The van der Waals surface area contributed by atoms with Crippen molar-refractivity contribution in [3.63, 3.8) is 0 Å². The number of ether oxygens (including phenoxy) is 1. The maximum Gasteiger partial charge on any atom is 0.253 e. The molecule has 5 nitrogen and oxygen atoms in total. The number of morpholine rings is 1. The Labute approximate surface area is 94.2 Å². The number of rotatable bonds is 3. The Morgan fingerprint density at radius 1 is 1.56 bits per heavy atom. The molecule has 0 bridgehead atoms. The molecule has 86 valence electrons. The van der Waals surface area contributed by atoms with Crippen molar-refractivity contribution in [2.75, 3.05) is 19.7 Å². The Balaban J connectivity index is 2.02. The molecular weight excluding hydrogens is 206 g/mol. The molecule has 0 aliphatic carbocycles. The van der Waals surface area contributed by atoms with E-state index >= 15 is 0 Å². The first-order valence-corrected chi connectivity index (χ1v) is 5.31. The molecule has 1 saturated heterocycles. The van der Waals surface area contributed by atoms with Gasteiger partial charge >= 0.3 is 0 Å². The number of carbonyl (C=O) groups excluding carboxylic acids is 1. The van der Waals surface area contributed by atoms with Gasteiger partial charge in [-0.15, -0.1) is 0 Å². The van der Waals surface area contributed by atoms with Gasteiger partial charge in [-0.3, -0.25) is 9.78 Å². The Kier molecular flexibility index (Phi) is 3.48. The van der Waals surface area contributed by atoms with Gasteiger partial charge in [0.2, 0.25) is 0 Å². The normalized spacial score (nSPS) is 21.2. The smallest absolute Gasteiger partial charge is 0.253 e. The van der Waals surface area contributed by atoms with Crippen LogP contribution in [0.4, 0.5) is 0 Å². The van der Waals surface area contributed by atoms with Gasteiger partial charge in [0.05, 0.1) is 18.8 Å². The molecule has 1 aromatic rings. The SMILES string of the molecule is NCC1OCCN(Cc2ccccn2)C1=O. The van der Waals surface area contributed by atoms with Crippen molar-refractivity contribution in [3.05, 3.63) is 30.1 Å². The summed E-state index contributed by atoms with van der Waals surface area (Å²) in [7, 11) is 0. The van der Waals surface area contributed by atoms with Crippen LogP contribution in [0.1, 0.15) is 5.69 Å². The summed E-state index contributed by atoms with van der Waals surface area (Å²) >= 11 is 0. The molecule has 2 heterocycles. The molecule has 16 heavy (non-hydrogen) atoms. The van der Waals surface area contributed by atoms with Gasteiger partial charge in [-0.05, 0) is 12.1 Å². The topological polar surface area (TPSA) is 68.5 Å². The van der Waals surface area contributed by atoms with Crippen LogP contribution in [0, 0.1) is 0 Å². The number of pyridine rings is 1. The second-order valence-electron chi connectivity index (χ2n) is 3.68. The van der Waals surface area contributed by atoms with Gasteiger partial charge < -0.3 is 15.4 Å². The second-order valence-corrected chi connectivity index (χ2v) is 3.68. The van der Waals surface area contributed by atoms with Crippen LogP contribution < -0.4 is 5.73 Å². The Bertz CT molecular complexity index is 356.